The van der Waals surface area contributed by atoms with Gasteiger partial charge in [-0.15, -0.1) is 0 Å². The molecule has 2 aromatic rings. The highest BCUT2D eigenvalue weighted by Gasteiger charge is 2.03. The molecule has 0 spiro atoms. The summed E-state index contributed by atoms with van der Waals surface area (Å²) in [5, 5.41) is 0. The Morgan fingerprint density at radius 1 is 1.44 bits per heavy atom. The predicted molar refractivity (Wildman–Crippen MR) is 65.8 cm³/mol. The molecule has 4 heteroatoms. The van der Waals surface area contributed by atoms with Crippen LogP contribution >= 0.6 is 0 Å². The zero-order valence-electron chi connectivity index (χ0n) is 9.29. The molecule has 0 unspecified atom stereocenters. The highest BCUT2D eigenvalue weighted by molar-refractivity contribution is 6.08. The second-order valence-corrected chi connectivity index (χ2v) is 3.82. The van der Waals surface area contributed by atoms with Gasteiger partial charge in [0, 0.05) is 0 Å². The number of aryl methyl sites for hydroxylation is 1. The molecule has 16 heavy (non-hydrogen) atoms. The van der Waals surface area contributed by atoms with Crippen molar-refractivity contribution in [3.05, 3.63) is 39.8 Å². The Morgan fingerprint density at radius 2 is 2.25 bits per heavy atom. The molecule has 1 aromatic heterocycles. The maximum absolute atomic E-state index is 11.7. The standard InChI is InChI=1S/C12H13BN2O/c1-2-3-10-12(16)15-11-6-8(7-13)4-5-9(11)14-10/h4-6H,2-3,7H2,1H3,(H,15,16). The lowest BCUT2D eigenvalue weighted by Gasteiger charge is -2.03. The van der Waals surface area contributed by atoms with Gasteiger partial charge in [-0.05, 0) is 18.6 Å². The topological polar surface area (TPSA) is 45.8 Å². The van der Waals surface area contributed by atoms with Crippen LogP contribution in [-0.4, -0.2) is 17.8 Å². The third-order valence-electron chi connectivity index (χ3n) is 2.55. The van der Waals surface area contributed by atoms with E-state index in [-0.39, 0.29) is 5.56 Å². The van der Waals surface area contributed by atoms with Gasteiger partial charge in [-0.3, -0.25) is 4.79 Å². The normalized spacial score (nSPS) is 10.8. The molecule has 1 aromatic carbocycles. The van der Waals surface area contributed by atoms with Crippen LogP contribution in [-0.2, 0) is 12.7 Å². The van der Waals surface area contributed by atoms with Crippen LogP contribution in [0.15, 0.2) is 23.0 Å². The summed E-state index contributed by atoms with van der Waals surface area (Å²) in [7, 11) is 5.54. The van der Waals surface area contributed by atoms with Gasteiger partial charge < -0.3 is 4.98 Å². The van der Waals surface area contributed by atoms with Crippen LogP contribution in [0.5, 0.6) is 0 Å². The Balaban J connectivity index is 2.59. The molecule has 0 aliphatic carbocycles. The SMILES string of the molecule is [B]Cc1ccc2nc(CCC)c(=O)[nH]c2c1. The van der Waals surface area contributed by atoms with Crippen molar-refractivity contribution < 1.29 is 0 Å². The molecule has 80 valence electrons. The van der Waals surface area contributed by atoms with E-state index in [1.165, 1.54) is 0 Å². The van der Waals surface area contributed by atoms with E-state index in [4.69, 9.17) is 7.85 Å². The van der Waals surface area contributed by atoms with Gasteiger partial charge >= 0.3 is 0 Å². The van der Waals surface area contributed by atoms with Crippen LogP contribution in [0.1, 0.15) is 24.6 Å². The Bertz CT molecular complexity index is 562. The maximum atomic E-state index is 11.7. The smallest absolute Gasteiger partial charge is 0.270 e. The van der Waals surface area contributed by atoms with Gasteiger partial charge in [0.1, 0.15) is 5.69 Å². The Kier molecular flexibility index (Phi) is 3.08. The summed E-state index contributed by atoms with van der Waals surface area (Å²) in [6.07, 6.45) is 2.10. The average Bonchev–Trinajstić information content (AvgIpc) is 2.30. The third-order valence-corrected chi connectivity index (χ3v) is 2.55. The van der Waals surface area contributed by atoms with E-state index in [9.17, 15) is 4.79 Å². The molecule has 1 heterocycles. The molecule has 0 bridgehead atoms. The predicted octanol–water partition coefficient (Wildman–Crippen LogP) is 1.54. The average molecular weight is 212 g/mol. The summed E-state index contributed by atoms with van der Waals surface area (Å²) in [4.78, 5) is 18.9. The summed E-state index contributed by atoms with van der Waals surface area (Å²) in [5.74, 6) is 0. The van der Waals surface area contributed by atoms with Crippen molar-refractivity contribution in [2.24, 2.45) is 0 Å². The molecule has 0 saturated carbocycles. The van der Waals surface area contributed by atoms with E-state index in [0.29, 0.717) is 18.4 Å². The van der Waals surface area contributed by atoms with Crippen LogP contribution in [0.25, 0.3) is 11.0 Å². The van der Waals surface area contributed by atoms with Crippen LogP contribution in [0.4, 0.5) is 0 Å². The zero-order valence-corrected chi connectivity index (χ0v) is 9.29. The highest BCUT2D eigenvalue weighted by Crippen LogP contribution is 2.11. The number of nitrogens with one attached hydrogen (secondary N) is 1. The van der Waals surface area contributed by atoms with Crippen LogP contribution in [0.3, 0.4) is 0 Å². The number of nitrogens with zero attached hydrogens (tertiary/aromatic N) is 1. The number of hydrogen-bond donors (Lipinski definition) is 1. The first-order valence-electron chi connectivity index (χ1n) is 5.46. The molecular formula is C12H13BN2O. The van der Waals surface area contributed by atoms with E-state index in [2.05, 4.69) is 9.97 Å². The van der Waals surface area contributed by atoms with Crippen LogP contribution in [0.2, 0.25) is 0 Å². The Labute approximate surface area is 95.3 Å². The number of benzene rings is 1. The largest absolute Gasteiger partial charge is 0.319 e. The van der Waals surface area contributed by atoms with Crippen molar-refractivity contribution in [1.82, 2.24) is 9.97 Å². The minimum Gasteiger partial charge on any atom is -0.319 e. The minimum absolute atomic E-state index is 0.0940. The second-order valence-electron chi connectivity index (χ2n) is 3.82. The third kappa shape index (κ3) is 2.01. The fraction of sp³-hybridized carbons (Fsp3) is 0.333. The van der Waals surface area contributed by atoms with Crippen molar-refractivity contribution in [3.8, 4) is 0 Å². The summed E-state index contributed by atoms with van der Waals surface area (Å²) in [6.45, 7) is 2.03. The molecule has 0 aliphatic heterocycles. The van der Waals surface area contributed by atoms with Gasteiger partial charge in [-0.2, -0.15) is 0 Å². The lowest BCUT2D eigenvalue weighted by atomic mass is 9.97. The maximum Gasteiger partial charge on any atom is 0.270 e. The molecule has 1 N–H and O–H groups in total. The van der Waals surface area contributed by atoms with Crippen molar-refractivity contribution in [1.29, 1.82) is 0 Å². The van der Waals surface area contributed by atoms with Gasteiger partial charge in [-0.1, -0.05) is 31.3 Å². The Morgan fingerprint density at radius 3 is 2.94 bits per heavy atom. The first kappa shape index (κ1) is 10.9. The summed E-state index contributed by atoms with van der Waals surface area (Å²) in [6, 6.07) is 5.70. The van der Waals surface area contributed by atoms with Gasteiger partial charge in [0.05, 0.1) is 18.9 Å². The second kappa shape index (κ2) is 4.52. The number of fused-ring (bicyclic) bond motifs is 1. The van der Waals surface area contributed by atoms with Gasteiger partial charge in [0.15, 0.2) is 0 Å². The first-order chi connectivity index (χ1) is 7.74. The quantitative estimate of drug-likeness (QED) is 0.784. The molecular weight excluding hydrogens is 199 g/mol. The van der Waals surface area contributed by atoms with Crippen molar-refractivity contribution >= 4 is 18.9 Å². The van der Waals surface area contributed by atoms with E-state index in [0.717, 1.165) is 23.0 Å². The molecule has 0 atom stereocenters. The van der Waals surface area contributed by atoms with Crippen molar-refractivity contribution in [2.45, 2.75) is 26.1 Å². The molecule has 0 fully saturated rings. The molecule has 0 aliphatic rings. The summed E-state index contributed by atoms with van der Waals surface area (Å²) < 4.78 is 0. The van der Waals surface area contributed by atoms with Gasteiger partial charge in [0.2, 0.25) is 0 Å². The molecule has 0 amide bonds. The summed E-state index contributed by atoms with van der Waals surface area (Å²) >= 11 is 0. The number of rotatable bonds is 3. The number of aromatic nitrogens is 2. The lowest BCUT2D eigenvalue weighted by molar-refractivity contribution is 0.867. The Hall–Kier alpha value is -1.58. The summed E-state index contributed by atoms with van der Waals surface area (Å²) in [5.41, 5.74) is 3.08. The van der Waals surface area contributed by atoms with Gasteiger partial charge in [0.25, 0.3) is 5.56 Å². The fourth-order valence-corrected chi connectivity index (χ4v) is 1.70. The fourth-order valence-electron chi connectivity index (χ4n) is 1.70. The van der Waals surface area contributed by atoms with E-state index in [1.54, 1.807) is 0 Å². The first-order valence-corrected chi connectivity index (χ1v) is 5.46. The van der Waals surface area contributed by atoms with Crippen LogP contribution < -0.4 is 5.56 Å². The van der Waals surface area contributed by atoms with Crippen LogP contribution in [0, 0.1) is 0 Å². The zero-order chi connectivity index (χ0) is 11.5. The number of hydrogen-bond acceptors (Lipinski definition) is 2. The molecule has 2 rings (SSSR count). The van der Waals surface area contributed by atoms with E-state index >= 15 is 0 Å². The van der Waals surface area contributed by atoms with Gasteiger partial charge in [-0.25, -0.2) is 4.98 Å². The minimum atomic E-state index is -0.0940. The molecule has 3 nitrogen and oxygen atoms in total. The monoisotopic (exact) mass is 212 g/mol. The van der Waals surface area contributed by atoms with Crippen molar-refractivity contribution in [2.75, 3.05) is 0 Å². The lowest BCUT2D eigenvalue weighted by Crippen LogP contribution is -2.15. The number of aromatic amines is 1. The highest BCUT2D eigenvalue weighted by atomic mass is 16.1. The van der Waals surface area contributed by atoms with E-state index in [1.807, 2.05) is 25.1 Å². The molecule has 0 saturated heterocycles. The van der Waals surface area contributed by atoms with E-state index < -0.39 is 0 Å². The van der Waals surface area contributed by atoms with Crippen molar-refractivity contribution in [3.63, 3.8) is 0 Å². The molecule has 2 radical (unpaired) electrons. The number of H-pyrrole nitrogens is 1.